The molecule has 0 unspecified atom stereocenters. The van der Waals surface area contributed by atoms with Crippen molar-refractivity contribution < 1.29 is 9.59 Å². The minimum Gasteiger partial charge on any atom is -0.342 e. The van der Waals surface area contributed by atoms with E-state index in [0.717, 1.165) is 45.2 Å². The molecule has 1 aromatic rings. The van der Waals surface area contributed by atoms with Crippen LogP contribution in [0.4, 0.5) is 0 Å². The molecule has 3 rings (SSSR count). The molecule has 2 fully saturated rings. The molecule has 0 aromatic heterocycles. The van der Waals surface area contributed by atoms with Gasteiger partial charge in [-0.25, -0.2) is 0 Å². The van der Waals surface area contributed by atoms with Crippen LogP contribution in [0.5, 0.6) is 0 Å². The summed E-state index contributed by atoms with van der Waals surface area (Å²) in [6.07, 6.45) is 5.51. The Labute approximate surface area is 151 Å². The van der Waals surface area contributed by atoms with Crippen LogP contribution in [0.1, 0.15) is 50.2 Å². The van der Waals surface area contributed by atoms with Gasteiger partial charge in [0.1, 0.15) is 0 Å². The predicted molar refractivity (Wildman–Crippen MR) is 99.2 cm³/mol. The van der Waals surface area contributed by atoms with Gasteiger partial charge in [0.05, 0.1) is 5.92 Å². The van der Waals surface area contributed by atoms with Crippen LogP contribution in [0, 0.1) is 12.8 Å². The molecule has 2 saturated heterocycles. The van der Waals surface area contributed by atoms with Crippen LogP contribution < -0.4 is 0 Å². The van der Waals surface area contributed by atoms with E-state index in [1.807, 2.05) is 11.8 Å². The first-order valence-corrected chi connectivity index (χ1v) is 9.72. The van der Waals surface area contributed by atoms with E-state index in [1.54, 1.807) is 0 Å². The Morgan fingerprint density at radius 3 is 2.52 bits per heavy atom. The number of hydrogen-bond acceptors (Lipinski definition) is 2. The monoisotopic (exact) mass is 342 g/mol. The van der Waals surface area contributed by atoms with Crippen LogP contribution in [0.3, 0.4) is 0 Å². The Kier molecular flexibility index (Phi) is 5.77. The molecule has 1 aromatic carbocycles. The largest absolute Gasteiger partial charge is 0.342 e. The Balaban J connectivity index is 1.64. The second-order valence-corrected chi connectivity index (χ2v) is 7.55. The second kappa shape index (κ2) is 8.03. The first-order valence-electron chi connectivity index (χ1n) is 9.72. The number of amides is 2. The molecule has 2 amide bonds. The standard InChI is InChI=1S/C21H30N2O2/c1-3-20(24)22-12-4-6-18(15-22)21(25)23-13-5-7-19(23)14-17-10-8-16(2)9-11-17/h8-11,18-19H,3-7,12-15H2,1-2H3/t18-,19+/m0/s1. The predicted octanol–water partition coefficient (Wildman–Crippen LogP) is 3.18. The molecule has 2 aliphatic rings. The van der Waals surface area contributed by atoms with Gasteiger partial charge in [-0.1, -0.05) is 36.8 Å². The van der Waals surface area contributed by atoms with E-state index in [2.05, 4.69) is 36.1 Å². The summed E-state index contributed by atoms with van der Waals surface area (Å²) < 4.78 is 0. The van der Waals surface area contributed by atoms with Crippen LogP contribution in [-0.4, -0.2) is 47.3 Å². The minimum absolute atomic E-state index is 0.0112. The highest BCUT2D eigenvalue weighted by Crippen LogP contribution is 2.27. The summed E-state index contributed by atoms with van der Waals surface area (Å²) in [5.74, 6) is 0.432. The van der Waals surface area contributed by atoms with Gasteiger partial charge < -0.3 is 9.80 Å². The van der Waals surface area contributed by atoms with E-state index in [0.29, 0.717) is 19.0 Å². The Morgan fingerprint density at radius 2 is 1.80 bits per heavy atom. The lowest BCUT2D eigenvalue weighted by Gasteiger charge is -2.35. The molecule has 2 atom stereocenters. The average Bonchev–Trinajstić information content (AvgIpc) is 3.10. The zero-order valence-electron chi connectivity index (χ0n) is 15.5. The van der Waals surface area contributed by atoms with Gasteiger partial charge in [-0.05, 0) is 44.6 Å². The van der Waals surface area contributed by atoms with Crippen LogP contribution in [0.2, 0.25) is 0 Å². The van der Waals surface area contributed by atoms with E-state index >= 15 is 0 Å². The van der Waals surface area contributed by atoms with Crippen LogP contribution in [0.25, 0.3) is 0 Å². The number of carbonyl (C=O) groups excluding carboxylic acids is 2. The normalized spacial score (nSPS) is 23.8. The lowest BCUT2D eigenvalue weighted by molar-refractivity contribution is -0.141. The second-order valence-electron chi connectivity index (χ2n) is 7.55. The number of aryl methyl sites for hydroxylation is 1. The van der Waals surface area contributed by atoms with E-state index in [9.17, 15) is 9.59 Å². The number of hydrogen-bond donors (Lipinski definition) is 0. The van der Waals surface area contributed by atoms with E-state index in [-0.39, 0.29) is 17.7 Å². The SMILES string of the molecule is CCC(=O)N1CCC[C@H](C(=O)N2CCC[C@@H]2Cc2ccc(C)cc2)C1. The molecule has 25 heavy (non-hydrogen) atoms. The maximum Gasteiger partial charge on any atom is 0.227 e. The molecular weight excluding hydrogens is 312 g/mol. The number of nitrogens with zero attached hydrogens (tertiary/aromatic N) is 2. The molecule has 0 spiro atoms. The van der Waals surface area contributed by atoms with Gasteiger partial charge in [0, 0.05) is 32.1 Å². The first kappa shape index (κ1) is 18.0. The lowest BCUT2D eigenvalue weighted by atomic mass is 9.95. The third-order valence-corrected chi connectivity index (χ3v) is 5.68. The fourth-order valence-electron chi connectivity index (χ4n) is 4.20. The van der Waals surface area contributed by atoms with Crippen molar-refractivity contribution in [1.29, 1.82) is 0 Å². The molecule has 0 radical (unpaired) electrons. The summed E-state index contributed by atoms with van der Waals surface area (Å²) in [4.78, 5) is 29.1. The molecular formula is C21H30N2O2. The number of carbonyl (C=O) groups is 2. The number of piperidine rings is 1. The third kappa shape index (κ3) is 4.23. The number of rotatable bonds is 4. The zero-order chi connectivity index (χ0) is 17.8. The van der Waals surface area contributed by atoms with Crippen molar-refractivity contribution in [1.82, 2.24) is 9.80 Å². The fraction of sp³-hybridized carbons (Fsp3) is 0.619. The molecule has 0 aliphatic carbocycles. The van der Waals surface area contributed by atoms with Crippen molar-refractivity contribution in [2.45, 2.75) is 58.4 Å². The maximum absolute atomic E-state index is 13.1. The molecule has 4 heteroatoms. The van der Waals surface area contributed by atoms with Gasteiger partial charge in [-0.15, -0.1) is 0 Å². The van der Waals surface area contributed by atoms with E-state index in [4.69, 9.17) is 0 Å². The number of benzene rings is 1. The molecule has 4 nitrogen and oxygen atoms in total. The van der Waals surface area contributed by atoms with E-state index < -0.39 is 0 Å². The highest BCUT2D eigenvalue weighted by atomic mass is 16.2. The summed E-state index contributed by atoms with van der Waals surface area (Å²) in [6.45, 7) is 6.28. The summed E-state index contributed by atoms with van der Waals surface area (Å²) in [6, 6.07) is 8.96. The first-order chi connectivity index (χ1) is 12.1. The summed E-state index contributed by atoms with van der Waals surface area (Å²) in [7, 11) is 0. The van der Waals surface area contributed by atoms with Crippen molar-refractivity contribution in [3.63, 3.8) is 0 Å². The fourth-order valence-corrected chi connectivity index (χ4v) is 4.20. The Hall–Kier alpha value is -1.84. The zero-order valence-corrected chi connectivity index (χ0v) is 15.5. The van der Waals surface area contributed by atoms with E-state index in [1.165, 1.54) is 11.1 Å². The molecule has 0 N–H and O–H groups in total. The van der Waals surface area contributed by atoms with Crippen molar-refractivity contribution in [2.75, 3.05) is 19.6 Å². The molecule has 0 saturated carbocycles. The van der Waals surface area contributed by atoms with Gasteiger partial charge in [0.25, 0.3) is 0 Å². The molecule has 2 heterocycles. The molecule has 0 bridgehead atoms. The third-order valence-electron chi connectivity index (χ3n) is 5.68. The smallest absolute Gasteiger partial charge is 0.227 e. The number of likely N-dealkylation sites (tertiary alicyclic amines) is 2. The van der Waals surface area contributed by atoms with Gasteiger partial charge >= 0.3 is 0 Å². The average molecular weight is 342 g/mol. The van der Waals surface area contributed by atoms with Gasteiger partial charge in [-0.3, -0.25) is 9.59 Å². The Bertz CT molecular complexity index is 611. The highest BCUT2D eigenvalue weighted by Gasteiger charge is 2.35. The lowest BCUT2D eigenvalue weighted by Crippen LogP contribution is -2.48. The van der Waals surface area contributed by atoms with Crippen LogP contribution >= 0.6 is 0 Å². The van der Waals surface area contributed by atoms with Crippen molar-refractivity contribution in [3.05, 3.63) is 35.4 Å². The maximum atomic E-state index is 13.1. The molecule has 2 aliphatic heterocycles. The van der Waals surface area contributed by atoms with Gasteiger partial charge in [0.2, 0.25) is 11.8 Å². The topological polar surface area (TPSA) is 40.6 Å². The molecule has 136 valence electrons. The van der Waals surface area contributed by atoms with Gasteiger partial charge in [0.15, 0.2) is 0 Å². The van der Waals surface area contributed by atoms with Crippen molar-refractivity contribution in [2.24, 2.45) is 5.92 Å². The van der Waals surface area contributed by atoms with Gasteiger partial charge in [-0.2, -0.15) is 0 Å². The summed E-state index contributed by atoms with van der Waals surface area (Å²) >= 11 is 0. The summed E-state index contributed by atoms with van der Waals surface area (Å²) in [5, 5.41) is 0. The van der Waals surface area contributed by atoms with Crippen molar-refractivity contribution in [3.8, 4) is 0 Å². The highest BCUT2D eigenvalue weighted by molar-refractivity contribution is 5.81. The summed E-state index contributed by atoms with van der Waals surface area (Å²) in [5.41, 5.74) is 2.58. The van der Waals surface area contributed by atoms with Crippen LogP contribution in [0.15, 0.2) is 24.3 Å². The quantitative estimate of drug-likeness (QED) is 0.843. The Morgan fingerprint density at radius 1 is 1.08 bits per heavy atom. The van der Waals surface area contributed by atoms with Crippen LogP contribution in [-0.2, 0) is 16.0 Å². The minimum atomic E-state index is -0.0112. The van der Waals surface area contributed by atoms with Crippen molar-refractivity contribution >= 4 is 11.8 Å².